The number of carbonyl (C=O) groups is 2. The zero-order valence-electron chi connectivity index (χ0n) is 10.5. The van der Waals surface area contributed by atoms with Crippen LogP contribution in [0.3, 0.4) is 0 Å². The Hall–Kier alpha value is -1.84. The average molecular weight is 250 g/mol. The van der Waals surface area contributed by atoms with Crippen LogP contribution in [-0.2, 0) is 14.3 Å². The third kappa shape index (κ3) is 3.58. The quantitative estimate of drug-likeness (QED) is 0.447. The summed E-state index contributed by atoms with van der Waals surface area (Å²) in [6, 6.07) is 0. The lowest BCUT2D eigenvalue weighted by Gasteiger charge is -2.12. The molecule has 1 heterocycles. The molecule has 0 aromatic carbocycles. The van der Waals surface area contributed by atoms with E-state index in [1.54, 1.807) is 0 Å². The molecular formula is C14H18O4. The Morgan fingerprint density at radius 2 is 2.17 bits per heavy atom. The van der Waals surface area contributed by atoms with Gasteiger partial charge in [0, 0.05) is 5.57 Å². The molecule has 0 bridgehead atoms. The molecule has 2 unspecified atom stereocenters. The van der Waals surface area contributed by atoms with Crippen molar-refractivity contribution in [3.63, 3.8) is 0 Å². The molecule has 1 saturated heterocycles. The average Bonchev–Trinajstić information content (AvgIpc) is 2.59. The number of allylic oxidation sites excluding steroid dienone is 4. The molecule has 0 aromatic rings. The first kappa shape index (κ1) is 14.2. The number of rotatable bonds is 6. The van der Waals surface area contributed by atoms with Crippen LogP contribution in [0.25, 0.3) is 0 Å². The van der Waals surface area contributed by atoms with Crippen LogP contribution in [0, 0.1) is 5.92 Å². The summed E-state index contributed by atoms with van der Waals surface area (Å²) >= 11 is 0. The minimum absolute atomic E-state index is 0.0467. The van der Waals surface area contributed by atoms with Crippen molar-refractivity contribution in [2.75, 3.05) is 0 Å². The Morgan fingerprint density at radius 3 is 2.78 bits per heavy atom. The number of hydrogen-bond donors (Lipinski definition) is 1. The van der Waals surface area contributed by atoms with Gasteiger partial charge in [0.15, 0.2) is 0 Å². The third-order valence-corrected chi connectivity index (χ3v) is 2.83. The number of carbonyl (C=O) groups excluding carboxylic acids is 1. The summed E-state index contributed by atoms with van der Waals surface area (Å²) in [5.41, 5.74) is 0.0467. The molecular weight excluding hydrogens is 232 g/mol. The number of cyclic esters (lactones) is 1. The van der Waals surface area contributed by atoms with Crippen LogP contribution >= 0.6 is 0 Å². The van der Waals surface area contributed by atoms with Crippen molar-refractivity contribution in [2.45, 2.75) is 32.3 Å². The van der Waals surface area contributed by atoms with E-state index in [0.717, 1.165) is 6.42 Å². The second-order valence-corrected chi connectivity index (χ2v) is 4.14. The van der Waals surface area contributed by atoms with Gasteiger partial charge in [0.1, 0.15) is 12.0 Å². The van der Waals surface area contributed by atoms with E-state index >= 15 is 0 Å². The molecule has 0 aromatic heterocycles. The van der Waals surface area contributed by atoms with E-state index < -0.39 is 24.0 Å². The van der Waals surface area contributed by atoms with Crippen LogP contribution in [0.4, 0.5) is 0 Å². The summed E-state index contributed by atoms with van der Waals surface area (Å²) in [6.07, 6.45) is 9.42. The molecule has 1 rings (SSSR count). The molecule has 0 amide bonds. The molecule has 1 aliphatic rings. The van der Waals surface area contributed by atoms with Crippen molar-refractivity contribution in [2.24, 2.45) is 5.92 Å². The third-order valence-electron chi connectivity index (χ3n) is 2.83. The number of aliphatic carboxylic acids is 1. The van der Waals surface area contributed by atoms with Crippen molar-refractivity contribution in [1.82, 2.24) is 0 Å². The van der Waals surface area contributed by atoms with E-state index in [-0.39, 0.29) is 5.57 Å². The van der Waals surface area contributed by atoms with Gasteiger partial charge in [0.2, 0.25) is 0 Å². The zero-order chi connectivity index (χ0) is 13.5. The van der Waals surface area contributed by atoms with Crippen LogP contribution in [0.15, 0.2) is 36.5 Å². The summed E-state index contributed by atoms with van der Waals surface area (Å²) in [6.45, 7) is 5.43. The molecule has 0 spiro atoms. The van der Waals surface area contributed by atoms with Crippen molar-refractivity contribution >= 4 is 11.9 Å². The van der Waals surface area contributed by atoms with Gasteiger partial charge in [0.05, 0.1) is 0 Å². The summed E-state index contributed by atoms with van der Waals surface area (Å²) in [7, 11) is 0. The summed E-state index contributed by atoms with van der Waals surface area (Å²) < 4.78 is 5.01. The summed E-state index contributed by atoms with van der Waals surface area (Å²) in [5.74, 6) is -2.54. The highest BCUT2D eigenvalue weighted by atomic mass is 16.6. The molecule has 1 fully saturated rings. The Kier molecular flexibility index (Phi) is 5.36. The van der Waals surface area contributed by atoms with Crippen LogP contribution in [-0.4, -0.2) is 23.1 Å². The molecule has 0 radical (unpaired) electrons. The number of hydrogen-bond acceptors (Lipinski definition) is 3. The molecule has 0 aliphatic carbocycles. The standard InChI is InChI=1S/C14H18O4/c1-3-4-5-6-7-8-9-11-12(13(15)16)10(2)14(17)18-11/h3-4,6-7,11-12H,2,5,8-9H2,1H3,(H,15,16). The number of carboxylic acids is 1. The first-order chi connectivity index (χ1) is 8.57. The lowest BCUT2D eigenvalue weighted by molar-refractivity contribution is -0.144. The molecule has 1 aliphatic heterocycles. The van der Waals surface area contributed by atoms with Gasteiger partial charge in [0.25, 0.3) is 0 Å². The predicted octanol–water partition coefficient (Wildman–Crippen LogP) is 2.47. The number of carboxylic acid groups (broad SMARTS) is 1. The maximum atomic E-state index is 11.3. The fourth-order valence-electron chi connectivity index (χ4n) is 1.86. The Bertz CT molecular complexity index is 393. The highest BCUT2D eigenvalue weighted by Gasteiger charge is 2.42. The summed E-state index contributed by atoms with van der Waals surface area (Å²) in [5, 5.41) is 9.02. The van der Waals surface area contributed by atoms with Crippen molar-refractivity contribution in [1.29, 1.82) is 0 Å². The highest BCUT2D eigenvalue weighted by molar-refractivity contribution is 5.97. The fraction of sp³-hybridized carbons (Fsp3) is 0.429. The van der Waals surface area contributed by atoms with E-state index in [4.69, 9.17) is 9.84 Å². The van der Waals surface area contributed by atoms with Gasteiger partial charge >= 0.3 is 11.9 Å². The van der Waals surface area contributed by atoms with Gasteiger partial charge < -0.3 is 9.84 Å². The Labute approximate surface area is 107 Å². The van der Waals surface area contributed by atoms with Crippen molar-refractivity contribution in [3.8, 4) is 0 Å². The number of ether oxygens (including phenoxy) is 1. The first-order valence-corrected chi connectivity index (χ1v) is 5.96. The van der Waals surface area contributed by atoms with Gasteiger partial charge in [-0.25, -0.2) is 4.79 Å². The van der Waals surface area contributed by atoms with Gasteiger partial charge in [-0.05, 0) is 26.2 Å². The number of esters is 1. The topological polar surface area (TPSA) is 63.6 Å². The molecule has 2 atom stereocenters. The molecule has 98 valence electrons. The molecule has 0 saturated carbocycles. The fourth-order valence-corrected chi connectivity index (χ4v) is 1.86. The maximum Gasteiger partial charge on any atom is 0.334 e. The van der Waals surface area contributed by atoms with Gasteiger partial charge in [-0.3, -0.25) is 4.79 Å². The van der Waals surface area contributed by atoms with Crippen molar-refractivity contribution < 1.29 is 19.4 Å². The van der Waals surface area contributed by atoms with E-state index in [9.17, 15) is 9.59 Å². The zero-order valence-corrected chi connectivity index (χ0v) is 10.5. The molecule has 18 heavy (non-hydrogen) atoms. The maximum absolute atomic E-state index is 11.3. The second-order valence-electron chi connectivity index (χ2n) is 4.14. The van der Waals surface area contributed by atoms with E-state index in [0.29, 0.717) is 12.8 Å². The Balaban J connectivity index is 2.46. The van der Waals surface area contributed by atoms with E-state index in [1.807, 2.05) is 31.2 Å². The minimum Gasteiger partial charge on any atom is -0.481 e. The SMILES string of the molecule is C=C1C(=O)OC(CCC=CCC=CC)C1C(=O)O. The largest absolute Gasteiger partial charge is 0.481 e. The van der Waals surface area contributed by atoms with Gasteiger partial charge in [-0.2, -0.15) is 0 Å². The predicted molar refractivity (Wildman–Crippen MR) is 68.0 cm³/mol. The molecule has 4 nitrogen and oxygen atoms in total. The van der Waals surface area contributed by atoms with E-state index in [2.05, 4.69) is 6.58 Å². The highest BCUT2D eigenvalue weighted by Crippen LogP contribution is 2.29. The lowest BCUT2D eigenvalue weighted by atomic mass is 9.94. The van der Waals surface area contributed by atoms with Crippen molar-refractivity contribution in [3.05, 3.63) is 36.5 Å². The minimum atomic E-state index is -1.05. The van der Waals surface area contributed by atoms with Crippen LogP contribution in [0.1, 0.15) is 26.2 Å². The Morgan fingerprint density at radius 1 is 1.44 bits per heavy atom. The monoisotopic (exact) mass is 250 g/mol. The van der Waals surface area contributed by atoms with E-state index in [1.165, 1.54) is 0 Å². The first-order valence-electron chi connectivity index (χ1n) is 5.96. The van der Waals surface area contributed by atoms with Gasteiger partial charge in [-0.1, -0.05) is 30.9 Å². The molecule has 1 N–H and O–H groups in total. The normalized spacial score (nSPS) is 24.1. The lowest BCUT2D eigenvalue weighted by Crippen LogP contribution is -2.24. The smallest absolute Gasteiger partial charge is 0.334 e. The summed E-state index contributed by atoms with van der Waals surface area (Å²) in [4.78, 5) is 22.3. The van der Waals surface area contributed by atoms with Crippen LogP contribution in [0.5, 0.6) is 0 Å². The van der Waals surface area contributed by atoms with Crippen LogP contribution < -0.4 is 0 Å². The molecule has 4 heteroatoms. The van der Waals surface area contributed by atoms with Gasteiger partial charge in [-0.15, -0.1) is 0 Å². The van der Waals surface area contributed by atoms with Crippen LogP contribution in [0.2, 0.25) is 0 Å². The second kappa shape index (κ2) is 6.79.